The van der Waals surface area contributed by atoms with Gasteiger partial charge in [-0.2, -0.15) is 4.98 Å². The summed E-state index contributed by atoms with van der Waals surface area (Å²) in [6.07, 6.45) is 0.774. The number of hydrogen-bond acceptors (Lipinski definition) is 6. The van der Waals surface area contributed by atoms with Crippen molar-refractivity contribution in [1.82, 2.24) is 15.5 Å². The van der Waals surface area contributed by atoms with Crippen molar-refractivity contribution >= 4 is 17.7 Å². The molecule has 0 bridgehead atoms. The Kier molecular flexibility index (Phi) is 5.11. The van der Waals surface area contributed by atoms with Crippen LogP contribution >= 0.6 is 11.8 Å². The van der Waals surface area contributed by atoms with Gasteiger partial charge < -0.3 is 14.6 Å². The van der Waals surface area contributed by atoms with E-state index in [1.165, 1.54) is 17.3 Å². The quantitative estimate of drug-likeness (QED) is 0.660. The van der Waals surface area contributed by atoms with Crippen LogP contribution in [-0.4, -0.2) is 28.7 Å². The smallest absolute Gasteiger partial charge is 0.252 e. The molecule has 2 heterocycles. The summed E-state index contributed by atoms with van der Waals surface area (Å²) < 4.78 is 11.0. The van der Waals surface area contributed by atoms with E-state index in [-0.39, 0.29) is 12.0 Å². The second-order valence-electron chi connectivity index (χ2n) is 6.28. The van der Waals surface area contributed by atoms with E-state index >= 15 is 0 Å². The lowest BCUT2D eigenvalue weighted by atomic mass is 10.1. The van der Waals surface area contributed by atoms with E-state index in [0.717, 1.165) is 17.1 Å². The third kappa shape index (κ3) is 4.14. The van der Waals surface area contributed by atoms with Crippen LogP contribution in [0.4, 0.5) is 0 Å². The zero-order valence-electron chi connectivity index (χ0n) is 14.8. The fraction of sp³-hybridized carbons (Fsp3) is 0.250. The molecule has 1 aliphatic heterocycles. The molecule has 0 fully saturated rings. The zero-order valence-corrected chi connectivity index (χ0v) is 15.7. The van der Waals surface area contributed by atoms with Crippen LogP contribution in [0.3, 0.4) is 0 Å². The molecule has 0 saturated heterocycles. The molecule has 0 radical (unpaired) electrons. The number of fused-ring (bicyclic) bond motifs is 1. The maximum atomic E-state index is 12.7. The van der Waals surface area contributed by atoms with Crippen molar-refractivity contribution in [1.29, 1.82) is 0 Å². The van der Waals surface area contributed by atoms with Crippen molar-refractivity contribution in [3.63, 3.8) is 0 Å². The monoisotopic (exact) mass is 381 g/mol. The molecular weight excluding hydrogens is 362 g/mol. The first-order valence-electron chi connectivity index (χ1n) is 8.73. The van der Waals surface area contributed by atoms with E-state index in [1.54, 1.807) is 6.92 Å². The largest absolute Gasteiger partial charge is 0.488 e. The van der Waals surface area contributed by atoms with Crippen molar-refractivity contribution in [3.8, 4) is 5.75 Å². The summed E-state index contributed by atoms with van der Waals surface area (Å²) in [4.78, 5) is 17.7. The van der Waals surface area contributed by atoms with Gasteiger partial charge in [0, 0.05) is 11.3 Å². The van der Waals surface area contributed by atoms with Gasteiger partial charge in [-0.05, 0) is 30.7 Å². The number of amides is 1. The Morgan fingerprint density at radius 3 is 2.85 bits per heavy atom. The van der Waals surface area contributed by atoms with Crippen LogP contribution < -0.4 is 10.1 Å². The van der Waals surface area contributed by atoms with Crippen molar-refractivity contribution in [2.24, 2.45) is 0 Å². The fourth-order valence-corrected chi connectivity index (χ4v) is 3.88. The number of carbonyl (C=O) groups is 1. The molecule has 138 valence electrons. The van der Waals surface area contributed by atoms with Gasteiger partial charge in [-0.25, -0.2) is 0 Å². The highest BCUT2D eigenvalue weighted by Gasteiger charge is 2.23. The fourth-order valence-electron chi connectivity index (χ4n) is 2.99. The first-order chi connectivity index (χ1) is 13.2. The number of hydrogen-bond donors (Lipinski definition) is 1. The lowest BCUT2D eigenvalue weighted by Gasteiger charge is -2.13. The Morgan fingerprint density at radius 1 is 1.22 bits per heavy atom. The molecule has 1 atom stereocenters. The number of nitrogens with zero attached hydrogens (tertiary/aromatic N) is 2. The molecule has 1 N–H and O–H groups in total. The average Bonchev–Trinajstić information content (AvgIpc) is 3.30. The van der Waals surface area contributed by atoms with Gasteiger partial charge in [0.25, 0.3) is 5.91 Å². The molecular formula is C20H19N3O3S. The molecule has 6 nitrogen and oxygen atoms in total. The standard InChI is InChI=1S/C20H19N3O3S/c1-13-22-19(26-23-13)12-27-18-9-5-3-7-16(18)20(24)21-11-15-10-14-6-2-4-8-17(14)25-15/h2-9,15H,10-12H2,1H3,(H,21,24). The molecule has 3 aromatic rings. The molecule has 0 aliphatic carbocycles. The third-order valence-electron chi connectivity index (χ3n) is 4.26. The maximum Gasteiger partial charge on any atom is 0.252 e. The molecule has 1 aromatic heterocycles. The maximum absolute atomic E-state index is 12.7. The van der Waals surface area contributed by atoms with Crippen molar-refractivity contribution in [2.75, 3.05) is 6.54 Å². The summed E-state index contributed by atoms with van der Waals surface area (Å²) in [7, 11) is 0. The van der Waals surface area contributed by atoms with Gasteiger partial charge in [0.1, 0.15) is 11.9 Å². The van der Waals surface area contributed by atoms with Crippen molar-refractivity contribution in [3.05, 3.63) is 71.4 Å². The van der Waals surface area contributed by atoms with Crippen LogP contribution in [0, 0.1) is 6.92 Å². The molecule has 27 heavy (non-hydrogen) atoms. The Labute approximate surface area is 161 Å². The van der Waals surface area contributed by atoms with Crippen LogP contribution in [0.1, 0.15) is 27.6 Å². The van der Waals surface area contributed by atoms with E-state index in [0.29, 0.717) is 29.6 Å². The molecule has 1 amide bonds. The topological polar surface area (TPSA) is 77.2 Å². The number of ether oxygens (including phenoxy) is 1. The van der Waals surface area contributed by atoms with E-state index < -0.39 is 0 Å². The first-order valence-corrected chi connectivity index (χ1v) is 9.71. The van der Waals surface area contributed by atoms with Gasteiger partial charge in [-0.3, -0.25) is 4.79 Å². The van der Waals surface area contributed by atoms with Gasteiger partial charge in [0.05, 0.1) is 17.9 Å². The van der Waals surface area contributed by atoms with Crippen LogP contribution in [0.2, 0.25) is 0 Å². The molecule has 1 unspecified atom stereocenters. The Balaban J connectivity index is 1.36. The lowest BCUT2D eigenvalue weighted by Crippen LogP contribution is -2.34. The van der Waals surface area contributed by atoms with Gasteiger partial charge in [0.2, 0.25) is 5.89 Å². The van der Waals surface area contributed by atoms with Gasteiger partial charge in [-0.15, -0.1) is 11.8 Å². The average molecular weight is 381 g/mol. The minimum Gasteiger partial charge on any atom is -0.488 e. The van der Waals surface area contributed by atoms with E-state index in [1.807, 2.05) is 42.5 Å². The third-order valence-corrected chi connectivity index (χ3v) is 5.31. The number of nitrogens with one attached hydrogen (secondary N) is 1. The highest BCUT2D eigenvalue weighted by molar-refractivity contribution is 7.98. The van der Waals surface area contributed by atoms with Crippen LogP contribution in [-0.2, 0) is 12.2 Å². The summed E-state index contributed by atoms with van der Waals surface area (Å²) in [5.74, 6) is 2.47. The van der Waals surface area contributed by atoms with E-state index in [9.17, 15) is 4.79 Å². The summed E-state index contributed by atoms with van der Waals surface area (Å²) in [5, 5.41) is 6.77. The summed E-state index contributed by atoms with van der Waals surface area (Å²) in [6, 6.07) is 15.5. The van der Waals surface area contributed by atoms with Crippen molar-refractivity contribution < 1.29 is 14.1 Å². The van der Waals surface area contributed by atoms with Crippen LogP contribution in [0.25, 0.3) is 0 Å². The van der Waals surface area contributed by atoms with E-state index in [2.05, 4.69) is 21.5 Å². The zero-order chi connectivity index (χ0) is 18.6. The number of aryl methyl sites for hydroxylation is 1. The molecule has 7 heteroatoms. The number of rotatable bonds is 6. The Morgan fingerprint density at radius 2 is 2.04 bits per heavy atom. The van der Waals surface area contributed by atoms with Gasteiger partial charge in [-0.1, -0.05) is 35.5 Å². The summed E-state index contributed by atoms with van der Waals surface area (Å²) in [5.41, 5.74) is 1.82. The summed E-state index contributed by atoms with van der Waals surface area (Å²) in [6.45, 7) is 2.25. The summed E-state index contributed by atoms with van der Waals surface area (Å²) >= 11 is 1.50. The van der Waals surface area contributed by atoms with Crippen LogP contribution in [0.5, 0.6) is 5.75 Å². The molecule has 4 rings (SSSR count). The predicted octanol–water partition coefficient (Wildman–Crippen LogP) is 3.40. The normalized spacial score (nSPS) is 15.2. The second-order valence-corrected chi connectivity index (χ2v) is 7.30. The van der Waals surface area contributed by atoms with Crippen LogP contribution in [0.15, 0.2) is 57.9 Å². The first kappa shape index (κ1) is 17.6. The highest BCUT2D eigenvalue weighted by Crippen LogP contribution is 2.28. The van der Waals surface area contributed by atoms with Gasteiger partial charge in [0.15, 0.2) is 5.82 Å². The number of aromatic nitrogens is 2. The number of para-hydroxylation sites is 1. The molecule has 1 aliphatic rings. The van der Waals surface area contributed by atoms with E-state index in [4.69, 9.17) is 9.26 Å². The number of carbonyl (C=O) groups excluding carboxylic acids is 1. The van der Waals surface area contributed by atoms with Gasteiger partial charge >= 0.3 is 0 Å². The lowest BCUT2D eigenvalue weighted by molar-refractivity contribution is 0.0930. The number of benzene rings is 2. The molecule has 0 saturated carbocycles. The second kappa shape index (κ2) is 7.84. The SMILES string of the molecule is Cc1noc(CSc2ccccc2C(=O)NCC2Cc3ccccc3O2)n1. The Bertz CT molecular complexity index is 932. The minimum atomic E-state index is -0.112. The molecule has 2 aromatic carbocycles. The minimum absolute atomic E-state index is 0.0347. The Hall–Kier alpha value is -2.80. The highest BCUT2D eigenvalue weighted by atomic mass is 32.2. The number of thioether (sulfide) groups is 1. The predicted molar refractivity (Wildman–Crippen MR) is 102 cm³/mol. The molecule has 0 spiro atoms. The van der Waals surface area contributed by atoms with Crippen molar-refractivity contribution in [2.45, 2.75) is 30.1 Å².